The molecule has 142 valence electrons. The number of hydrogen-bond donors (Lipinski definition) is 1. The van der Waals surface area contributed by atoms with Crippen LogP contribution in [0.1, 0.15) is 21.8 Å². The molecule has 0 aliphatic carbocycles. The minimum Gasteiger partial charge on any atom is -0.493 e. The van der Waals surface area contributed by atoms with Crippen LogP contribution in [0.5, 0.6) is 11.5 Å². The van der Waals surface area contributed by atoms with E-state index < -0.39 is 0 Å². The van der Waals surface area contributed by atoms with Gasteiger partial charge in [0.15, 0.2) is 11.5 Å². The van der Waals surface area contributed by atoms with E-state index in [1.165, 1.54) is 6.26 Å². The SMILES string of the molecule is COc1ccc(NC(=O)c2ccoc2C)cc1OCc1cn2ccccc2n1. The molecular weight excluding hydrogens is 358 g/mol. The van der Waals surface area contributed by atoms with Crippen molar-refractivity contribution < 1.29 is 18.7 Å². The van der Waals surface area contributed by atoms with Crippen LogP contribution in [0.15, 0.2) is 65.5 Å². The number of pyridine rings is 1. The van der Waals surface area contributed by atoms with E-state index in [-0.39, 0.29) is 12.5 Å². The van der Waals surface area contributed by atoms with E-state index >= 15 is 0 Å². The van der Waals surface area contributed by atoms with Crippen LogP contribution < -0.4 is 14.8 Å². The summed E-state index contributed by atoms with van der Waals surface area (Å²) in [6, 6.07) is 12.7. The van der Waals surface area contributed by atoms with Crippen LogP contribution in [0.25, 0.3) is 5.65 Å². The third-order valence-corrected chi connectivity index (χ3v) is 4.31. The quantitative estimate of drug-likeness (QED) is 0.548. The van der Waals surface area contributed by atoms with Crippen molar-refractivity contribution in [3.63, 3.8) is 0 Å². The van der Waals surface area contributed by atoms with Crippen LogP contribution in [0.4, 0.5) is 5.69 Å². The summed E-state index contributed by atoms with van der Waals surface area (Å²) in [7, 11) is 1.57. The zero-order valence-electron chi connectivity index (χ0n) is 15.5. The van der Waals surface area contributed by atoms with Crippen LogP contribution in [-0.4, -0.2) is 22.4 Å². The van der Waals surface area contributed by atoms with Crippen LogP contribution in [-0.2, 0) is 6.61 Å². The van der Waals surface area contributed by atoms with Gasteiger partial charge < -0.3 is 23.6 Å². The molecule has 7 heteroatoms. The van der Waals surface area contributed by atoms with Gasteiger partial charge in [-0.15, -0.1) is 0 Å². The number of carbonyl (C=O) groups is 1. The second-order valence-electron chi connectivity index (χ2n) is 6.20. The molecule has 4 aromatic rings. The average Bonchev–Trinajstić information content (AvgIpc) is 3.32. The molecule has 1 N–H and O–H groups in total. The number of nitrogens with zero attached hydrogens (tertiary/aromatic N) is 2. The first kappa shape index (κ1) is 17.7. The number of methoxy groups -OCH3 is 1. The lowest BCUT2D eigenvalue weighted by molar-refractivity contribution is 0.102. The maximum atomic E-state index is 12.4. The first-order valence-corrected chi connectivity index (χ1v) is 8.73. The normalized spacial score (nSPS) is 10.8. The number of aromatic nitrogens is 2. The van der Waals surface area contributed by atoms with Gasteiger partial charge in [-0.25, -0.2) is 4.98 Å². The lowest BCUT2D eigenvalue weighted by Gasteiger charge is -2.12. The first-order valence-electron chi connectivity index (χ1n) is 8.73. The minimum absolute atomic E-state index is 0.247. The molecule has 28 heavy (non-hydrogen) atoms. The molecule has 0 saturated heterocycles. The molecule has 7 nitrogen and oxygen atoms in total. The van der Waals surface area contributed by atoms with Crippen LogP contribution >= 0.6 is 0 Å². The third kappa shape index (κ3) is 3.55. The Bertz CT molecular complexity index is 1100. The zero-order valence-corrected chi connectivity index (χ0v) is 15.5. The Morgan fingerprint density at radius 3 is 2.86 bits per heavy atom. The number of aryl methyl sites for hydroxylation is 1. The molecule has 1 amide bonds. The summed E-state index contributed by atoms with van der Waals surface area (Å²) >= 11 is 0. The van der Waals surface area contributed by atoms with E-state index in [1.54, 1.807) is 38.3 Å². The fourth-order valence-electron chi connectivity index (χ4n) is 2.89. The van der Waals surface area contributed by atoms with Gasteiger partial charge >= 0.3 is 0 Å². The molecule has 0 saturated carbocycles. The zero-order chi connectivity index (χ0) is 19.5. The highest BCUT2D eigenvalue weighted by Gasteiger charge is 2.14. The molecule has 3 aromatic heterocycles. The van der Waals surface area contributed by atoms with Gasteiger partial charge in [-0.2, -0.15) is 0 Å². The number of carbonyl (C=O) groups excluding carboxylic acids is 1. The Balaban J connectivity index is 1.51. The third-order valence-electron chi connectivity index (χ3n) is 4.31. The van der Waals surface area contributed by atoms with Crippen molar-refractivity contribution in [2.45, 2.75) is 13.5 Å². The standard InChI is InChI=1S/C21H19N3O4/c1-14-17(8-10-27-14)21(25)23-15-6-7-18(26-2)19(11-15)28-13-16-12-24-9-4-3-5-20(24)22-16/h3-12H,13H2,1-2H3,(H,23,25). The van der Waals surface area contributed by atoms with Crippen molar-refractivity contribution in [3.05, 3.63) is 78.1 Å². The first-order chi connectivity index (χ1) is 13.6. The number of benzene rings is 1. The van der Waals surface area contributed by atoms with Crippen LogP contribution in [0.3, 0.4) is 0 Å². The Kier molecular flexibility index (Phi) is 4.72. The molecule has 1 aromatic carbocycles. The topological polar surface area (TPSA) is 78.0 Å². The van der Waals surface area contributed by atoms with E-state index in [9.17, 15) is 4.79 Å². The molecule has 0 unspecified atom stereocenters. The van der Waals surface area contributed by atoms with Gasteiger partial charge in [-0.1, -0.05) is 6.07 Å². The summed E-state index contributed by atoms with van der Waals surface area (Å²) in [6.45, 7) is 2.02. The number of furan rings is 1. The number of rotatable bonds is 6. The van der Waals surface area contributed by atoms with E-state index in [1.807, 2.05) is 35.0 Å². The molecule has 0 bridgehead atoms. The Morgan fingerprint density at radius 1 is 1.21 bits per heavy atom. The summed E-state index contributed by atoms with van der Waals surface area (Å²) in [5.41, 5.74) is 2.72. The van der Waals surface area contributed by atoms with Crippen molar-refractivity contribution in [1.82, 2.24) is 9.38 Å². The average molecular weight is 377 g/mol. The van der Waals surface area contributed by atoms with E-state index in [4.69, 9.17) is 13.9 Å². The fourth-order valence-corrected chi connectivity index (χ4v) is 2.89. The molecule has 0 aliphatic rings. The van der Waals surface area contributed by atoms with Crippen molar-refractivity contribution in [2.75, 3.05) is 12.4 Å². The maximum absolute atomic E-state index is 12.4. The largest absolute Gasteiger partial charge is 0.493 e. The van der Waals surface area contributed by atoms with Gasteiger partial charge in [0.25, 0.3) is 5.91 Å². The van der Waals surface area contributed by atoms with Gasteiger partial charge in [-0.3, -0.25) is 4.79 Å². The highest BCUT2D eigenvalue weighted by molar-refractivity contribution is 6.05. The van der Waals surface area contributed by atoms with Gasteiger partial charge in [0, 0.05) is 24.1 Å². The predicted octanol–water partition coefficient (Wildman–Crippen LogP) is 4.08. The van der Waals surface area contributed by atoms with Crippen molar-refractivity contribution in [1.29, 1.82) is 0 Å². The number of fused-ring (bicyclic) bond motifs is 1. The Labute approximate surface area is 161 Å². The highest BCUT2D eigenvalue weighted by Crippen LogP contribution is 2.31. The second-order valence-corrected chi connectivity index (χ2v) is 6.20. The van der Waals surface area contributed by atoms with E-state index in [0.717, 1.165) is 11.3 Å². The monoisotopic (exact) mass is 377 g/mol. The Hall–Kier alpha value is -3.74. The minimum atomic E-state index is -0.247. The van der Waals surface area contributed by atoms with Gasteiger partial charge in [0.1, 0.15) is 18.0 Å². The second kappa shape index (κ2) is 7.48. The lowest BCUT2D eigenvalue weighted by Crippen LogP contribution is -2.12. The number of nitrogens with one attached hydrogen (secondary N) is 1. The number of imidazole rings is 1. The van der Waals surface area contributed by atoms with Crippen molar-refractivity contribution >= 4 is 17.2 Å². The molecule has 4 rings (SSSR count). The molecule has 0 fully saturated rings. The highest BCUT2D eigenvalue weighted by atomic mass is 16.5. The maximum Gasteiger partial charge on any atom is 0.259 e. The van der Waals surface area contributed by atoms with Gasteiger partial charge in [0.2, 0.25) is 0 Å². The van der Waals surface area contributed by atoms with Crippen molar-refractivity contribution in [3.8, 4) is 11.5 Å². The van der Waals surface area contributed by atoms with Crippen LogP contribution in [0.2, 0.25) is 0 Å². The molecular formula is C21H19N3O4. The molecule has 0 spiro atoms. The summed E-state index contributed by atoms with van der Waals surface area (Å²) < 4.78 is 18.4. The van der Waals surface area contributed by atoms with Gasteiger partial charge in [-0.05, 0) is 37.3 Å². The summed E-state index contributed by atoms with van der Waals surface area (Å²) in [5, 5.41) is 2.84. The fraction of sp³-hybridized carbons (Fsp3) is 0.143. The van der Waals surface area contributed by atoms with Gasteiger partial charge in [0.05, 0.1) is 24.6 Å². The number of amides is 1. The van der Waals surface area contributed by atoms with E-state index in [2.05, 4.69) is 10.3 Å². The smallest absolute Gasteiger partial charge is 0.259 e. The number of hydrogen-bond acceptors (Lipinski definition) is 5. The summed E-state index contributed by atoms with van der Waals surface area (Å²) in [6.07, 6.45) is 5.33. The van der Waals surface area contributed by atoms with Crippen LogP contribution in [0, 0.1) is 6.92 Å². The Morgan fingerprint density at radius 2 is 2.11 bits per heavy atom. The molecule has 0 aliphatic heterocycles. The summed E-state index contributed by atoms with van der Waals surface area (Å²) in [5.74, 6) is 1.40. The van der Waals surface area contributed by atoms with E-state index in [0.29, 0.717) is 28.5 Å². The molecule has 0 radical (unpaired) electrons. The summed E-state index contributed by atoms with van der Waals surface area (Å²) in [4.78, 5) is 16.9. The number of anilines is 1. The predicted molar refractivity (Wildman–Crippen MR) is 104 cm³/mol. The van der Waals surface area contributed by atoms with Crippen molar-refractivity contribution in [2.24, 2.45) is 0 Å². The number of ether oxygens (including phenoxy) is 2. The lowest BCUT2D eigenvalue weighted by atomic mass is 10.2. The molecule has 3 heterocycles. The molecule has 0 atom stereocenters.